The molecule has 2 rings (SSSR count). The Morgan fingerprint density at radius 3 is 2.27 bits per heavy atom. The fraction of sp³-hybridized carbons (Fsp3) is 1.00. The number of rotatable bonds is 1. The van der Waals surface area contributed by atoms with Crippen LogP contribution in [0.5, 0.6) is 0 Å². The van der Waals surface area contributed by atoms with E-state index in [1.807, 2.05) is 0 Å². The van der Waals surface area contributed by atoms with E-state index in [2.05, 4.69) is 0 Å². The van der Waals surface area contributed by atoms with Crippen LogP contribution < -0.4 is 5.73 Å². The van der Waals surface area contributed by atoms with Crippen molar-refractivity contribution in [1.29, 1.82) is 0 Å². The maximum absolute atomic E-state index is 5.62. The van der Waals surface area contributed by atoms with E-state index in [1.54, 1.807) is 0 Å². The molecular formula is C10H19N. The molecule has 0 aromatic rings. The van der Waals surface area contributed by atoms with Crippen molar-refractivity contribution < 1.29 is 0 Å². The minimum Gasteiger partial charge on any atom is -0.330 e. The highest BCUT2D eigenvalue weighted by Crippen LogP contribution is 2.54. The van der Waals surface area contributed by atoms with Crippen LogP contribution in [0, 0.1) is 11.3 Å². The summed E-state index contributed by atoms with van der Waals surface area (Å²) in [5.41, 5.74) is 6.42. The van der Waals surface area contributed by atoms with E-state index in [9.17, 15) is 0 Å². The van der Waals surface area contributed by atoms with Crippen LogP contribution in [0.25, 0.3) is 0 Å². The van der Waals surface area contributed by atoms with Crippen LogP contribution in [0.15, 0.2) is 0 Å². The van der Waals surface area contributed by atoms with Gasteiger partial charge in [-0.15, -0.1) is 0 Å². The summed E-state index contributed by atoms with van der Waals surface area (Å²) in [5, 5.41) is 0. The van der Waals surface area contributed by atoms with Crippen molar-refractivity contribution in [2.45, 2.75) is 44.9 Å². The molecule has 0 saturated heterocycles. The molecule has 0 radical (unpaired) electrons. The molecule has 1 spiro atoms. The van der Waals surface area contributed by atoms with Crippen LogP contribution in [0.2, 0.25) is 0 Å². The minimum atomic E-state index is 0.794. The summed E-state index contributed by atoms with van der Waals surface area (Å²) in [7, 11) is 0. The normalized spacial score (nSPS) is 30.3. The van der Waals surface area contributed by atoms with Gasteiger partial charge < -0.3 is 5.73 Å². The lowest BCUT2D eigenvalue weighted by atomic mass is 9.56. The van der Waals surface area contributed by atoms with Crippen LogP contribution in [0.1, 0.15) is 44.9 Å². The van der Waals surface area contributed by atoms with Crippen LogP contribution in [0.3, 0.4) is 0 Å². The van der Waals surface area contributed by atoms with Gasteiger partial charge in [-0.2, -0.15) is 0 Å². The summed E-state index contributed by atoms with van der Waals surface area (Å²) in [6.45, 7) is 0.932. The van der Waals surface area contributed by atoms with E-state index in [0.29, 0.717) is 0 Å². The number of hydrogen-bond acceptors (Lipinski definition) is 1. The Labute approximate surface area is 69.4 Å². The first-order valence-corrected chi connectivity index (χ1v) is 5.05. The lowest BCUT2D eigenvalue weighted by Crippen LogP contribution is -2.41. The second-order valence-corrected chi connectivity index (χ2v) is 4.57. The molecule has 0 bridgehead atoms. The standard InChI is InChI=1S/C10H19N/c11-8-9-6-10(7-9)4-2-1-3-5-10/h9H,1-8,11H2. The highest BCUT2D eigenvalue weighted by atomic mass is 14.6. The molecule has 64 valence electrons. The molecule has 0 unspecified atom stereocenters. The Balaban J connectivity index is 1.84. The molecule has 0 aliphatic heterocycles. The van der Waals surface area contributed by atoms with Gasteiger partial charge in [-0.3, -0.25) is 0 Å². The van der Waals surface area contributed by atoms with E-state index in [1.165, 1.54) is 44.9 Å². The average Bonchev–Trinajstić information content (AvgIpc) is 2.01. The molecule has 1 heteroatoms. The maximum Gasteiger partial charge on any atom is -0.00485 e. The summed E-state index contributed by atoms with van der Waals surface area (Å²) in [6.07, 6.45) is 10.4. The quantitative estimate of drug-likeness (QED) is 0.614. The fourth-order valence-corrected chi connectivity index (χ4v) is 3.04. The van der Waals surface area contributed by atoms with Crippen molar-refractivity contribution in [3.8, 4) is 0 Å². The van der Waals surface area contributed by atoms with Crippen molar-refractivity contribution in [2.24, 2.45) is 17.1 Å². The molecule has 0 amide bonds. The van der Waals surface area contributed by atoms with Gasteiger partial charge in [-0.1, -0.05) is 19.3 Å². The van der Waals surface area contributed by atoms with Gasteiger partial charge in [0.1, 0.15) is 0 Å². The summed E-state index contributed by atoms with van der Waals surface area (Å²) in [5.74, 6) is 0.882. The average molecular weight is 153 g/mol. The van der Waals surface area contributed by atoms with Crippen molar-refractivity contribution in [1.82, 2.24) is 0 Å². The van der Waals surface area contributed by atoms with Gasteiger partial charge in [0, 0.05) is 0 Å². The van der Waals surface area contributed by atoms with E-state index >= 15 is 0 Å². The molecule has 0 aromatic carbocycles. The second-order valence-electron chi connectivity index (χ2n) is 4.57. The summed E-state index contributed by atoms with van der Waals surface area (Å²) in [4.78, 5) is 0. The highest BCUT2D eigenvalue weighted by molar-refractivity contribution is 4.95. The Morgan fingerprint density at radius 1 is 1.09 bits per heavy atom. The molecule has 1 nitrogen and oxygen atoms in total. The smallest absolute Gasteiger partial charge is 0.00485 e. The van der Waals surface area contributed by atoms with E-state index in [4.69, 9.17) is 5.73 Å². The third kappa shape index (κ3) is 1.31. The number of hydrogen-bond donors (Lipinski definition) is 1. The molecule has 11 heavy (non-hydrogen) atoms. The Morgan fingerprint density at radius 2 is 1.73 bits per heavy atom. The van der Waals surface area contributed by atoms with E-state index in [0.717, 1.165) is 17.9 Å². The van der Waals surface area contributed by atoms with Gasteiger partial charge in [-0.25, -0.2) is 0 Å². The monoisotopic (exact) mass is 153 g/mol. The fourth-order valence-electron chi connectivity index (χ4n) is 3.04. The summed E-state index contributed by atoms with van der Waals surface area (Å²) in [6, 6.07) is 0. The molecule has 2 fully saturated rings. The van der Waals surface area contributed by atoms with Gasteiger partial charge in [0.15, 0.2) is 0 Å². The molecule has 0 heterocycles. The predicted molar refractivity (Wildman–Crippen MR) is 47.3 cm³/mol. The van der Waals surface area contributed by atoms with Gasteiger partial charge in [0.05, 0.1) is 0 Å². The zero-order chi connectivity index (χ0) is 7.73. The Kier molecular flexibility index (Phi) is 1.92. The van der Waals surface area contributed by atoms with Gasteiger partial charge in [-0.05, 0) is 43.6 Å². The first-order chi connectivity index (χ1) is 5.35. The van der Waals surface area contributed by atoms with Gasteiger partial charge in [0.25, 0.3) is 0 Å². The van der Waals surface area contributed by atoms with E-state index in [-0.39, 0.29) is 0 Å². The van der Waals surface area contributed by atoms with Crippen LogP contribution >= 0.6 is 0 Å². The molecule has 0 aromatic heterocycles. The number of nitrogens with two attached hydrogens (primary N) is 1. The molecule has 2 aliphatic rings. The topological polar surface area (TPSA) is 26.0 Å². The van der Waals surface area contributed by atoms with Crippen molar-refractivity contribution in [2.75, 3.05) is 6.54 Å². The van der Waals surface area contributed by atoms with Crippen LogP contribution in [0.4, 0.5) is 0 Å². The third-order valence-corrected chi connectivity index (χ3v) is 3.69. The van der Waals surface area contributed by atoms with Crippen LogP contribution in [-0.2, 0) is 0 Å². The van der Waals surface area contributed by atoms with Crippen LogP contribution in [-0.4, -0.2) is 6.54 Å². The van der Waals surface area contributed by atoms with E-state index < -0.39 is 0 Å². The Hall–Kier alpha value is -0.0400. The van der Waals surface area contributed by atoms with Gasteiger partial charge in [0.2, 0.25) is 0 Å². The molecular weight excluding hydrogens is 134 g/mol. The first-order valence-electron chi connectivity index (χ1n) is 5.05. The molecule has 0 atom stereocenters. The lowest BCUT2D eigenvalue weighted by molar-refractivity contribution is 0.0195. The zero-order valence-corrected chi connectivity index (χ0v) is 7.31. The molecule has 2 aliphatic carbocycles. The summed E-state index contributed by atoms with van der Waals surface area (Å²) >= 11 is 0. The van der Waals surface area contributed by atoms with Gasteiger partial charge >= 0.3 is 0 Å². The minimum absolute atomic E-state index is 0.794. The van der Waals surface area contributed by atoms with Crippen molar-refractivity contribution >= 4 is 0 Å². The largest absolute Gasteiger partial charge is 0.330 e. The predicted octanol–water partition coefficient (Wildman–Crippen LogP) is 2.31. The summed E-state index contributed by atoms with van der Waals surface area (Å²) < 4.78 is 0. The lowest BCUT2D eigenvalue weighted by Gasteiger charge is -2.50. The first kappa shape index (κ1) is 7.60. The zero-order valence-electron chi connectivity index (χ0n) is 7.31. The highest BCUT2D eigenvalue weighted by Gasteiger charge is 2.43. The van der Waals surface area contributed by atoms with Crippen molar-refractivity contribution in [3.05, 3.63) is 0 Å². The SMILES string of the molecule is NCC1CC2(CCCCC2)C1. The van der Waals surface area contributed by atoms with Crippen molar-refractivity contribution in [3.63, 3.8) is 0 Å². The molecule has 2 saturated carbocycles. The second kappa shape index (κ2) is 2.78. The maximum atomic E-state index is 5.62. The molecule has 2 N–H and O–H groups in total. The Bertz CT molecular complexity index is 128. The third-order valence-electron chi connectivity index (χ3n) is 3.69.